The second kappa shape index (κ2) is 13.2. The molecule has 0 spiro atoms. The minimum absolute atomic E-state index is 0.00328. The highest BCUT2D eigenvalue weighted by Gasteiger charge is 2.54. The zero-order chi connectivity index (χ0) is 33.3. The smallest absolute Gasteiger partial charge is 0.336 e. The third-order valence-electron chi connectivity index (χ3n) is 7.02. The van der Waals surface area contributed by atoms with Gasteiger partial charge in [0.25, 0.3) is 11.4 Å². The molecule has 1 aliphatic heterocycles. The summed E-state index contributed by atoms with van der Waals surface area (Å²) in [4.78, 5) is 50.1. The molecule has 3 atom stereocenters. The molecule has 3 unspecified atom stereocenters. The lowest BCUT2D eigenvalue weighted by molar-refractivity contribution is -0.385. The van der Waals surface area contributed by atoms with Crippen molar-refractivity contribution in [2.75, 3.05) is 5.75 Å². The molecule has 0 saturated heterocycles. The molecule has 16 heteroatoms. The molecule has 0 aromatic heterocycles. The number of nitro benzene ring substituents is 2. The van der Waals surface area contributed by atoms with Crippen LogP contribution in [0, 0.1) is 26.1 Å². The number of carbonyl (C=O) groups excluding carboxylic acids is 2. The Balaban J connectivity index is 2.48. The molecule has 0 bridgehead atoms. The van der Waals surface area contributed by atoms with Gasteiger partial charge in [-0.3, -0.25) is 25.0 Å². The van der Waals surface area contributed by atoms with E-state index < -0.39 is 72.6 Å². The second-order valence-electron chi connectivity index (χ2n) is 11.2. The molecule has 2 aromatic rings. The molecule has 3 rings (SSSR count). The van der Waals surface area contributed by atoms with Gasteiger partial charge in [-0.2, -0.15) is 0 Å². The monoisotopic (exact) mass is 670 g/mol. The van der Waals surface area contributed by atoms with E-state index in [4.69, 9.17) is 27.9 Å². The first-order valence-corrected chi connectivity index (χ1v) is 15.8. The number of ether oxygens (including phenoxy) is 1. The summed E-state index contributed by atoms with van der Waals surface area (Å²) in [5.74, 6) is -5.86. The van der Waals surface area contributed by atoms with Crippen molar-refractivity contribution in [2.45, 2.75) is 65.1 Å². The fraction of sp³-hybridized carbons (Fsp3) is 0.429. The first-order chi connectivity index (χ1) is 20.3. The van der Waals surface area contributed by atoms with Crippen LogP contribution in [0.2, 0.25) is 10.0 Å². The van der Waals surface area contributed by atoms with Gasteiger partial charge in [-0.25, -0.2) is 17.9 Å². The lowest BCUT2D eigenvalue weighted by Gasteiger charge is -2.48. The predicted octanol–water partition coefficient (Wildman–Crippen LogP) is 5.15. The number of allylic oxidation sites excluding steroid dienone is 1. The van der Waals surface area contributed by atoms with Crippen LogP contribution in [0.5, 0.6) is 0 Å². The molecule has 2 N–H and O–H groups in total. The van der Waals surface area contributed by atoms with E-state index in [1.165, 1.54) is 26.0 Å². The first-order valence-electron chi connectivity index (χ1n) is 13.4. The van der Waals surface area contributed by atoms with Crippen LogP contribution in [0.25, 0.3) is 0 Å². The maximum Gasteiger partial charge on any atom is 0.336 e. The van der Waals surface area contributed by atoms with Crippen molar-refractivity contribution in [3.8, 4) is 0 Å². The first kappa shape index (κ1) is 34.9. The summed E-state index contributed by atoms with van der Waals surface area (Å²) in [5, 5.41) is 26.5. The molecule has 1 aliphatic rings. The summed E-state index contributed by atoms with van der Waals surface area (Å²) < 4.78 is 33.9. The summed E-state index contributed by atoms with van der Waals surface area (Å²) in [6.07, 6.45) is -0.617. The quantitative estimate of drug-likeness (QED) is 0.184. The van der Waals surface area contributed by atoms with E-state index in [0.29, 0.717) is 0 Å². The number of Topliss-reactive ketones (excluding diaryl/α,β-unsaturated/α-hetero) is 1. The van der Waals surface area contributed by atoms with Crippen LogP contribution < -0.4 is 10.0 Å². The van der Waals surface area contributed by atoms with Gasteiger partial charge in [-0.1, -0.05) is 23.2 Å². The van der Waals surface area contributed by atoms with E-state index in [1.807, 2.05) is 0 Å². The van der Waals surface area contributed by atoms with Crippen LogP contribution in [0.15, 0.2) is 47.7 Å². The Bertz CT molecular complexity index is 1660. The number of rotatable bonds is 11. The van der Waals surface area contributed by atoms with E-state index in [9.17, 15) is 38.2 Å². The van der Waals surface area contributed by atoms with Crippen molar-refractivity contribution in [1.82, 2.24) is 10.0 Å². The Labute approximate surface area is 264 Å². The van der Waals surface area contributed by atoms with Gasteiger partial charge in [0.2, 0.25) is 10.0 Å². The number of carbonyl (C=O) groups is 2. The highest BCUT2D eigenvalue weighted by atomic mass is 35.5. The maximum absolute atomic E-state index is 14.3. The molecule has 0 aliphatic carbocycles. The van der Waals surface area contributed by atoms with Crippen LogP contribution in [-0.4, -0.2) is 47.9 Å². The van der Waals surface area contributed by atoms with Gasteiger partial charge in [-0.15, -0.1) is 0 Å². The fourth-order valence-corrected chi connectivity index (χ4v) is 7.39. The van der Waals surface area contributed by atoms with Crippen molar-refractivity contribution in [1.29, 1.82) is 0 Å². The number of hydrogen-bond donors (Lipinski definition) is 2. The summed E-state index contributed by atoms with van der Waals surface area (Å²) in [6, 6.07) is 6.48. The maximum atomic E-state index is 14.3. The van der Waals surface area contributed by atoms with Crippen LogP contribution in [0.3, 0.4) is 0 Å². The predicted molar refractivity (Wildman–Crippen MR) is 164 cm³/mol. The second-order valence-corrected chi connectivity index (χ2v) is 13.7. The molecule has 0 fully saturated rings. The number of nitro groups is 2. The van der Waals surface area contributed by atoms with E-state index in [1.54, 1.807) is 27.7 Å². The molecule has 13 nitrogen and oxygen atoms in total. The Hall–Kier alpha value is -3.59. The van der Waals surface area contributed by atoms with Crippen LogP contribution in [-0.2, 0) is 29.9 Å². The minimum atomic E-state index is -4.24. The van der Waals surface area contributed by atoms with Crippen molar-refractivity contribution in [3.63, 3.8) is 0 Å². The number of non-ortho nitro benzene ring substituents is 2. The van der Waals surface area contributed by atoms with Gasteiger partial charge in [0.15, 0.2) is 5.78 Å². The summed E-state index contributed by atoms with van der Waals surface area (Å²) >= 11 is 13.2. The molecule has 0 radical (unpaired) electrons. The van der Waals surface area contributed by atoms with Gasteiger partial charge >= 0.3 is 5.97 Å². The van der Waals surface area contributed by atoms with Gasteiger partial charge in [0.1, 0.15) is 5.75 Å². The topological polar surface area (TPSA) is 188 Å². The van der Waals surface area contributed by atoms with E-state index in [-0.39, 0.29) is 38.1 Å². The molecular formula is C28H32Cl2N4O9S. The molecule has 44 heavy (non-hydrogen) atoms. The van der Waals surface area contributed by atoms with Gasteiger partial charge < -0.3 is 10.1 Å². The third kappa shape index (κ3) is 7.37. The fourth-order valence-electron chi connectivity index (χ4n) is 5.49. The average Bonchev–Trinajstić information content (AvgIpc) is 2.86. The number of halogens is 2. The lowest BCUT2D eigenvalue weighted by Crippen LogP contribution is -2.56. The van der Waals surface area contributed by atoms with Crippen LogP contribution >= 0.6 is 23.2 Å². The molecule has 2 aromatic carbocycles. The molecule has 238 valence electrons. The average molecular weight is 672 g/mol. The lowest BCUT2D eigenvalue weighted by atomic mass is 9.63. The molecule has 0 amide bonds. The minimum Gasteiger partial charge on any atom is -0.460 e. The van der Waals surface area contributed by atoms with Crippen molar-refractivity contribution in [3.05, 3.63) is 89.1 Å². The number of ketones is 1. The zero-order valence-corrected chi connectivity index (χ0v) is 27.0. The number of hydrogen-bond acceptors (Lipinski definition) is 10. The van der Waals surface area contributed by atoms with E-state index >= 15 is 0 Å². The highest BCUT2D eigenvalue weighted by Crippen LogP contribution is 2.52. The van der Waals surface area contributed by atoms with Crippen LogP contribution in [0.4, 0.5) is 11.4 Å². The zero-order valence-electron chi connectivity index (χ0n) is 24.7. The summed E-state index contributed by atoms with van der Waals surface area (Å²) in [6.45, 7) is 9.30. The molecule has 1 heterocycles. The van der Waals surface area contributed by atoms with Gasteiger partial charge in [0.05, 0.1) is 33.0 Å². The number of benzene rings is 2. The Morgan fingerprint density at radius 1 is 1.02 bits per heavy atom. The summed E-state index contributed by atoms with van der Waals surface area (Å²) in [5.41, 5.74) is -2.45. The standard InChI is InChI=1S/C28H32Cl2N4O9S/c1-14(2)32-44(41,42)13-23(35)26-25(19-11-17(33(37)38)7-9-21(19)29)24(27(36)43-15(3)4)16(5)31-28(26,6)20-12-18(34(39)40)8-10-22(20)30/h7-12,14-15,25-26,31-32H,13H2,1-6H3. The Morgan fingerprint density at radius 3 is 2.09 bits per heavy atom. The largest absolute Gasteiger partial charge is 0.460 e. The Morgan fingerprint density at radius 2 is 1.57 bits per heavy atom. The van der Waals surface area contributed by atoms with Crippen LogP contribution in [0.1, 0.15) is 58.6 Å². The highest BCUT2D eigenvalue weighted by molar-refractivity contribution is 7.90. The van der Waals surface area contributed by atoms with Gasteiger partial charge in [0, 0.05) is 57.5 Å². The van der Waals surface area contributed by atoms with E-state index in [2.05, 4.69) is 10.0 Å². The van der Waals surface area contributed by atoms with Crippen molar-refractivity contribution >= 4 is 56.4 Å². The normalized spacial score (nSPS) is 20.4. The molecular weight excluding hydrogens is 639 g/mol. The molecule has 0 saturated carbocycles. The number of esters is 1. The number of nitrogens with one attached hydrogen (secondary N) is 2. The van der Waals surface area contributed by atoms with Gasteiger partial charge in [-0.05, 0) is 59.2 Å². The third-order valence-corrected chi connectivity index (χ3v) is 9.19. The SMILES string of the molecule is CC1=C(C(=O)OC(C)C)C(c2cc([N+](=O)[O-])ccc2Cl)C(C(=O)CS(=O)(=O)NC(C)C)C(C)(c2cc([N+](=O)[O-])ccc2Cl)N1. The summed E-state index contributed by atoms with van der Waals surface area (Å²) in [7, 11) is -4.24. The van der Waals surface area contributed by atoms with Crippen molar-refractivity contribution < 1.29 is 32.6 Å². The van der Waals surface area contributed by atoms with E-state index in [0.717, 1.165) is 24.3 Å². The number of sulfonamides is 1. The number of nitrogens with zero attached hydrogens (tertiary/aromatic N) is 2. The van der Waals surface area contributed by atoms with Crippen molar-refractivity contribution in [2.24, 2.45) is 5.92 Å². The Kier molecular flexibility index (Phi) is 10.5.